The maximum absolute atomic E-state index is 12.3. The molecule has 0 bridgehead atoms. The lowest BCUT2D eigenvalue weighted by Gasteiger charge is -2.22. The number of pyridine rings is 1. The number of nitrogens with two attached hydrogens (primary N) is 1. The van der Waals surface area contributed by atoms with Crippen LogP contribution in [0.3, 0.4) is 0 Å². The first-order valence-corrected chi connectivity index (χ1v) is 7.35. The maximum atomic E-state index is 12.3. The minimum atomic E-state index is -0.278. The minimum Gasteiger partial charge on any atom is -0.397 e. The summed E-state index contributed by atoms with van der Waals surface area (Å²) < 4.78 is 0. The number of anilines is 2. The van der Waals surface area contributed by atoms with Crippen molar-refractivity contribution in [1.82, 2.24) is 9.88 Å². The van der Waals surface area contributed by atoms with Crippen molar-refractivity contribution in [1.29, 1.82) is 0 Å². The number of benzene rings is 1. The Kier molecular flexibility index (Phi) is 3.64. The van der Waals surface area contributed by atoms with Gasteiger partial charge in [0, 0.05) is 24.7 Å². The normalized spacial score (nSPS) is 16.1. The quantitative estimate of drug-likeness (QED) is 0.848. The van der Waals surface area contributed by atoms with Gasteiger partial charge in [0.25, 0.3) is 0 Å². The molecule has 1 atom stereocenters. The first-order valence-electron chi connectivity index (χ1n) is 7.35. The van der Waals surface area contributed by atoms with Gasteiger partial charge in [0.1, 0.15) is 6.04 Å². The summed E-state index contributed by atoms with van der Waals surface area (Å²) in [5.74, 6) is 0.137. The van der Waals surface area contributed by atoms with Gasteiger partial charge < -0.3 is 16.0 Å². The Hall–Kier alpha value is -2.30. The summed E-state index contributed by atoms with van der Waals surface area (Å²) in [5.41, 5.74) is 8.48. The van der Waals surface area contributed by atoms with Crippen LogP contribution in [0.15, 0.2) is 30.5 Å². The summed E-state index contributed by atoms with van der Waals surface area (Å²) in [4.78, 5) is 18.5. The van der Waals surface area contributed by atoms with Gasteiger partial charge in [-0.2, -0.15) is 0 Å². The fourth-order valence-electron chi connectivity index (χ4n) is 2.81. The lowest BCUT2D eigenvalue weighted by Crippen LogP contribution is -2.39. The van der Waals surface area contributed by atoms with Crippen LogP contribution < -0.4 is 11.1 Å². The van der Waals surface area contributed by atoms with Crippen LogP contribution in [0.2, 0.25) is 0 Å². The first-order chi connectivity index (χ1) is 10.2. The zero-order chi connectivity index (χ0) is 14.8. The predicted molar refractivity (Wildman–Crippen MR) is 85.1 cm³/mol. The summed E-state index contributed by atoms with van der Waals surface area (Å²) >= 11 is 0. The lowest BCUT2D eigenvalue weighted by atomic mass is 10.1. The summed E-state index contributed by atoms with van der Waals surface area (Å²) in [6, 6.07) is 7.33. The fourth-order valence-corrected chi connectivity index (χ4v) is 2.81. The molecular formula is C16H20N4O. The van der Waals surface area contributed by atoms with E-state index in [1.54, 1.807) is 6.20 Å². The monoisotopic (exact) mass is 284 g/mol. The van der Waals surface area contributed by atoms with Gasteiger partial charge in [-0.25, -0.2) is 0 Å². The first kappa shape index (κ1) is 13.7. The Balaban J connectivity index is 1.81. The van der Waals surface area contributed by atoms with E-state index in [0.717, 1.165) is 42.5 Å². The minimum absolute atomic E-state index is 0.137. The largest absolute Gasteiger partial charge is 0.397 e. The van der Waals surface area contributed by atoms with Gasteiger partial charge >= 0.3 is 0 Å². The molecule has 21 heavy (non-hydrogen) atoms. The van der Waals surface area contributed by atoms with E-state index < -0.39 is 0 Å². The second-order valence-electron chi connectivity index (χ2n) is 5.50. The Morgan fingerprint density at radius 3 is 2.86 bits per heavy atom. The highest BCUT2D eigenvalue weighted by Crippen LogP contribution is 2.28. The average Bonchev–Trinajstić information content (AvgIpc) is 3.04. The number of carbonyl (C=O) groups is 1. The third kappa shape index (κ3) is 2.63. The van der Waals surface area contributed by atoms with E-state index in [9.17, 15) is 4.79 Å². The van der Waals surface area contributed by atoms with Crippen LogP contribution in [0.1, 0.15) is 19.8 Å². The standard InChI is InChI=1S/C16H20N4O/c1-11(16(21)20-9-2-3-10-20)19-14-7-6-13-12(15(14)17)5-4-8-18-13/h4-8,11,19H,2-3,9-10,17H2,1H3. The van der Waals surface area contributed by atoms with E-state index in [-0.39, 0.29) is 11.9 Å². The number of rotatable bonds is 3. The number of fused-ring (bicyclic) bond motifs is 1. The highest BCUT2D eigenvalue weighted by molar-refractivity contribution is 5.98. The Labute approximate surface area is 124 Å². The lowest BCUT2D eigenvalue weighted by molar-refractivity contribution is -0.130. The maximum Gasteiger partial charge on any atom is 0.244 e. The molecule has 2 heterocycles. The molecule has 1 unspecified atom stereocenters. The molecule has 2 aromatic rings. The van der Waals surface area contributed by atoms with Crippen LogP contribution in [-0.2, 0) is 4.79 Å². The van der Waals surface area contributed by atoms with Crippen LogP contribution >= 0.6 is 0 Å². The number of hydrogen-bond donors (Lipinski definition) is 2. The summed E-state index contributed by atoms with van der Waals surface area (Å²) in [5, 5.41) is 4.14. The van der Waals surface area contributed by atoms with Gasteiger partial charge in [-0.05, 0) is 44.0 Å². The summed E-state index contributed by atoms with van der Waals surface area (Å²) in [6.07, 6.45) is 3.94. The number of nitrogens with zero attached hydrogens (tertiary/aromatic N) is 2. The molecule has 1 aliphatic rings. The fraction of sp³-hybridized carbons (Fsp3) is 0.375. The molecule has 0 saturated carbocycles. The molecule has 0 spiro atoms. The molecule has 0 radical (unpaired) electrons. The molecule has 1 aliphatic heterocycles. The molecule has 110 valence electrons. The van der Waals surface area contributed by atoms with E-state index in [1.165, 1.54) is 0 Å². The molecule has 5 nitrogen and oxygen atoms in total. The van der Waals surface area contributed by atoms with Crippen LogP contribution in [0.4, 0.5) is 11.4 Å². The van der Waals surface area contributed by atoms with Crippen LogP contribution in [-0.4, -0.2) is 34.9 Å². The van der Waals surface area contributed by atoms with Crippen LogP contribution in [0, 0.1) is 0 Å². The SMILES string of the molecule is CC(Nc1ccc2ncccc2c1N)C(=O)N1CCCC1. The number of hydrogen-bond acceptors (Lipinski definition) is 4. The van der Waals surface area contributed by atoms with Crippen molar-refractivity contribution in [3.63, 3.8) is 0 Å². The van der Waals surface area contributed by atoms with E-state index in [2.05, 4.69) is 10.3 Å². The second-order valence-corrected chi connectivity index (χ2v) is 5.50. The molecule has 3 rings (SSSR count). The van der Waals surface area contributed by atoms with Crippen molar-refractivity contribution in [3.8, 4) is 0 Å². The number of carbonyl (C=O) groups excluding carboxylic acids is 1. The Morgan fingerprint density at radius 2 is 2.10 bits per heavy atom. The molecule has 1 aromatic heterocycles. The number of nitrogen functional groups attached to an aromatic ring is 1. The molecule has 1 saturated heterocycles. The van der Waals surface area contributed by atoms with Crippen molar-refractivity contribution >= 4 is 28.2 Å². The summed E-state index contributed by atoms with van der Waals surface area (Å²) in [6.45, 7) is 3.61. The highest BCUT2D eigenvalue weighted by Gasteiger charge is 2.23. The van der Waals surface area contributed by atoms with Crippen LogP contribution in [0.5, 0.6) is 0 Å². The van der Waals surface area contributed by atoms with Crippen molar-refractivity contribution in [2.24, 2.45) is 0 Å². The molecule has 0 aliphatic carbocycles. The summed E-state index contributed by atoms with van der Waals surface area (Å²) in [7, 11) is 0. The third-order valence-electron chi connectivity index (χ3n) is 3.99. The highest BCUT2D eigenvalue weighted by atomic mass is 16.2. The zero-order valence-electron chi connectivity index (χ0n) is 12.2. The van der Waals surface area contributed by atoms with E-state index in [4.69, 9.17) is 5.73 Å². The Bertz CT molecular complexity index is 664. The van der Waals surface area contributed by atoms with E-state index in [0.29, 0.717) is 5.69 Å². The van der Waals surface area contributed by atoms with Crippen molar-refractivity contribution in [2.75, 3.05) is 24.1 Å². The van der Waals surface area contributed by atoms with Gasteiger partial charge in [-0.15, -0.1) is 0 Å². The average molecular weight is 284 g/mol. The topological polar surface area (TPSA) is 71.2 Å². The van der Waals surface area contributed by atoms with Gasteiger partial charge in [0.15, 0.2) is 0 Å². The van der Waals surface area contributed by atoms with Crippen LogP contribution in [0.25, 0.3) is 10.9 Å². The zero-order valence-corrected chi connectivity index (χ0v) is 12.2. The molecule has 1 aromatic carbocycles. The molecule has 1 fully saturated rings. The van der Waals surface area contributed by atoms with Crippen molar-refractivity contribution in [3.05, 3.63) is 30.5 Å². The number of aromatic nitrogens is 1. The second kappa shape index (κ2) is 5.60. The Morgan fingerprint density at radius 1 is 1.33 bits per heavy atom. The van der Waals surface area contributed by atoms with Gasteiger partial charge in [-0.1, -0.05) is 0 Å². The smallest absolute Gasteiger partial charge is 0.244 e. The number of amides is 1. The number of likely N-dealkylation sites (tertiary alicyclic amines) is 1. The molecule has 5 heteroatoms. The van der Waals surface area contributed by atoms with E-state index >= 15 is 0 Å². The molecule has 3 N–H and O–H groups in total. The molecule has 1 amide bonds. The van der Waals surface area contributed by atoms with Crippen molar-refractivity contribution < 1.29 is 4.79 Å². The van der Waals surface area contributed by atoms with Gasteiger partial charge in [-0.3, -0.25) is 9.78 Å². The predicted octanol–water partition coefficient (Wildman–Crippen LogP) is 2.24. The number of nitrogens with one attached hydrogen (secondary N) is 1. The van der Waals surface area contributed by atoms with Gasteiger partial charge in [0.2, 0.25) is 5.91 Å². The third-order valence-corrected chi connectivity index (χ3v) is 3.99. The van der Waals surface area contributed by atoms with E-state index in [1.807, 2.05) is 36.1 Å². The van der Waals surface area contributed by atoms with Crippen molar-refractivity contribution in [2.45, 2.75) is 25.8 Å². The van der Waals surface area contributed by atoms with Gasteiger partial charge in [0.05, 0.1) is 16.9 Å². The molecular weight excluding hydrogens is 264 g/mol.